The zero-order chi connectivity index (χ0) is 18.9. The SMILES string of the molecule is Fc1ccc(CSC(CCCCCn2ccnc2)c2ccc(Cl)cc2)cc1. The summed E-state index contributed by atoms with van der Waals surface area (Å²) in [5, 5.41) is 1.18. The lowest BCUT2D eigenvalue weighted by atomic mass is 10.1. The second-order valence-electron chi connectivity index (χ2n) is 6.63. The molecule has 0 aliphatic heterocycles. The maximum absolute atomic E-state index is 13.1. The summed E-state index contributed by atoms with van der Waals surface area (Å²) in [6.45, 7) is 1.02. The Hall–Kier alpha value is -1.78. The van der Waals surface area contributed by atoms with Gasteiger partial charge in [-0.25, -0.2) is 9.37 Å². The molecule has 3 aromatic rings. The number of imidazole rings is 1. The largest absolute Gasteiger partial charge is 0.337 e. The molecule has 0 spiro atoms. The lowest BCUT2D eigenvalue weighted by Crippen LogP contribution is -1.98. The number of unbranched alkanes of at least 4 members (excludes halogenated alkanes) is 2. The minimum absolute atomic E-state index is 0.184. The standard InChI is InChI=1S/C22H24ClFN2S/c23-20-9-7-19(8-10-20)22(27-16-18-5-11-21(24)12-6-18)4-2-1-3-14-26-15-13-25-17-26/h5-13,15,17,22H,1-4,14,16H2. The van der Waals surface area contributed by atoms with Gasteiger partial charge in [0, 0.05) is 35.0 Å². The average Bonchev–Trinajstić information content (AvgIpc) is 3.20. The summed E-state index contributed by atoms with van der Waals surface area (Å²) in [7, 11) is 0. The van der Waals surface area contributed by atoms with Crippen LogP contribution in [0.2, 0.25) is 5.02 Å². The molecule has 1 atom stereocenters. The van der Waals surface area contributed by atoms with Gasteiger partial charge in [-0.2, -0.15) is 0 Å². The van der Waals surface area contributed by atoms with E-state index in [9.17, 15) is 4.39 Å². The number of rotatable bonds is 10. The highest BCUT2D eigenvalue weighted by molar-refractivity contribution is 7.98. The summed E-state index contributed by atoms with van der Waals surface area (Å²) in [6.07, 6.45) is 10.4. The van der Waals surface area contributed by atoms with Gasteiger partial charge in [-0.1, -0.05) is 48.7 Å². The predicted molar refractivity (Wildman–Crippen MR) is 113 cm³/mol. The van der Waals surface area contributed by atoms with Gasteiger partial charge in [0.1, 0.15) is 5.82 Å². The topological polar surface area (TPSA) is 17.8 Å². The highest BCUT2D eigenvalue weighted by Crippen LogP contribution is 2.36. The fourth-order valence-corrected chi connectivity index (χ4v) is 4.42. The van der Waals surface area contributed by atoms with Crippen molar-refractivity contribution >= 4 is 23.4 Å². The number of thioether (sulfide) groups is 1. The van der Waals surface area contributed by atoms with Gasteiger partial charge in [0.05, 0.1) is 6.33 Å². The molecule has 2 aromatic carbocycles. The van der Waals surface area contributed by atoms with E-state index in [1.54, 1.807) is 0 Å². The Bertz CT molecular complexity index is 788. The quantitative estimate of drug-likeness (QED) is 0.343. The maximum atomic E-state index is 13.1. The molecule has 1 heterocycles. The van der Waals surface area contributed by atoms with Crippen LogP contribution in [-0.4, -0.2) is 9.55 Å². The Morgan fingerprint density at radius 3 is 2.48 bits per heavy atom. The minimum Gasteiger partial charge on any atom is -0.337 e. The van der Waals surface area contributed by atoms with Crippen molar-refractivity contribution < 1.29 is 4.39 Å². The van der Waals surface area contributed by atoms with Gasteiger partial charge >= 0.3 is 0 Å². The molecule has 2 nitrogen and oxygen atoms in total. The van der Waals surface area contributed by atoms with Crippen molar-refractivity contribution in [1.82, 2.24) is 9.55 Å². The number of hydrogen-bond donors (Lipinski definition) is 0. The molecule has 27 heavy (non-hydrogen) atoms. The monoisotopic (exact) mass is 402 g/mol. The van der Waals surface area contributed by atoms with Gasteiger partial charge in [-0.05, 0) is 48.2 Å². The first-order valence-corrected chi connectivity index (χ1v) is 10.7. The summed E-state index contributed by atoms with van der Waals surface area (Å²) in [5.41, 5.74) is 2.46. The number of halogens is 2. The van der Waals surface area contributed by atoms with E-state index >= 15 is 0 Å². The smallest absolute Gasteiger partial charge is 0.123 e. The first kappa shape index (κ1) is 20.0. The van der Waals surface area contributed by atoms with E-state index in [2.05, 4.69) is 21.7 Å². The molecular formula is C22H24ClFN2S. The van der Waals surface area contributed by atoms with Crippen LogP contribution in [0.15, 0.2) is 67.3 Å². The molecule has 0 N–H and O–H groups in total. The van der Waals surface area contributed by atoms with Crippen LogP contribution >= 0.6 is 23.4 Å². The second-order valence-corrected chi connectivity index (χ2v) is 8.25. The Kier molecular flexibility index (Phi) is 7.79. The zero-order valence-corrected chi connectivity index (χ0v) is 16.8. The predicted octanol–water partition coefficient (Wildman–Crippen LogP) is 6.91. The molecule has 3 rings (SSSR count). The van der Waals surface area contributed by atoms with Gasteiger partial charge in [-0.15, -0.1) is 11.8 Å². The summed E-state index contributed by atoms with van der Waals surface area (Å²) in [6, 6.07) is 15.0. The Morgan fingerprint density at radius 1 is 1.00 bits per heavy atom. The Morgan fingerprint density at radius 2 is 1.78 bits per heavy atom. The molecule has 142 valence electrons. The van der Waals surface area contributed by atoms with Crippen molar-refractivity contribution in [2.75, 3.05) is 0 Å². The molecular weight excluding hydrogens is 379 g/mol. The molecule has 0 radical (unpaired) electrons. The summed E-state index contributed by atoms with van der Waals surface area (Å²) < 4.78 is 15.2. The third-order valence-electron chi connectivity index (χ3n) is 4.55. The molecule has 0 amide bonds. The number of hydrogen-bond acceptors (Lipinski definition) is 2. The molecule has 0 aliphatic carbocycles. The van der Waals surface area contributed by atoms with Gasteiger partial charge in [0.25, 0.3) is 0 Å². The third-order valence-corrected chi connectivity index (χ3v) is 6.21. The van der Waals surface area contributed by atoms with E-state index in [1.165, 1.54) is 30.5 Å². The van der Waals surface area contributed by atoms with Crippen molar-refractivity contribution in [2.45, 2.75) is 43.2 Å². The molecule has 1 aromatic heterocycles. The molecule has 0 fully saturated rings. The van der Waals surface area contributed by atoms with E-state index in [0.29, 0.717) is 5.25 Å². The van der Waals surface area contributed by atoms with Gasteiger partial charge in [0.15, 0.2) is 0 Å². The van der Waals surface area contributed by atoms with Crippen LogP contribution in [0.4, 0.5) is 4.39 Å². The lowest BCUT2D eigenvalue weighted by molar-refractivity contribution is 0.569. The second kappa shape index (κ2) is 10.5. The first-order chi connectivity index (χ1) is 13.2. The summed E-state index contributed by atoms with van der Waals surface area (Å²) in [5.74, 6) is 0.693. The van der Waals surface area contributed by atoms with Gasteiger partial charge < -0.3 is 4.57 Å². The molecule has 0 bridgehead atoms. The number of aryl methyl sites for hydroxylation is 1. The summed E-state index contributed by atoms with van der Waals surface area (Å²) in [4.78, 5) is 4.08. The highest BCUT2D eigenvalue weighted by atomic mass is 35.5. The van der Waals surface area contributed by atoms with Crippen molar-refractivity contribution in [3.8, 4) is 0 Å². The van der Waals surface area contributed by atoms with E-state index in [0.717, 1.165) is 35.7 Å². The highest BCUT2D eigenvalue weighted by Gasteiger charge is 2.12. The van der Waals surface area contributed by atoms with Crippen LogP contribution < -0.4 is 0 Å². The zero-order valence-electron chi connectivity index (χ0n) is 15.2. The normalized spacial score (nSPS) is 12.2. The fraction of sp³-hybridized carbons (Fsp3) is 0.318. The van der Waals surface area contributed by atoms with E-state index in [-0.39, 0.29) is 5.82 Å². The number of aromatic nitrogens is 2. The first-order valence-electron chi connectivity index (χ1n) is 9.28. The van der Waals surface area contributed by atoms with Crippen molar-refractivity contribution in [3.05, 3.63) is 89.2 Å². The van der Waals surface area contributed by atoms with Crippen LogP contribution in [0.3, 0.4) is 0 Å². The van der Waals surface area contributed by atoms with Crippen molar-refractivity contribution in [3.63, 3.8) is 0 Å². The molecule has 1 unspecified atom stereocenters. The number of benzene rings is 2. The third kappa shape index (κ3) is 6.71. The van der Waals surface area contributed by atoms with E-state index < -0.39 is 0 Å². The molecule has 0 aliphatic rings. The van der Waals surface area contributed by atoms with Crippen LogP contribution in [0.1, 0.15) is 42.1 Å². The maximum Gasteiger partial charge on any atom is 0.123 e. The van der Waals surface area contributed by atoms with E-state index in [1.807, 2.05) is 54.7 Å². The minimum atomic E-state index is -0.184. The van der Waals surface area contributed by atoms with E-state index in [4.69, 9.17) is 11.6 Å². The van der Waals surface area contributed by atoms with Crippen LogP contribution in [-0.2, 0) is 12.3 Å². The van der Waals surface area contributed by atoms with Crippen LogP contribution in [0.5, 0.6) is 0 Å². The van der Waals surface area contributed by atoms with Crippen LogP contribution in [0.25, 0.3) is 0 Å². The molecule has 0 saturated heterocycles. The Balaban J connectivity index is 1.52. The Labute approximate surface area is 169 Å². The number of nitrogens with zero attached hydrogens (tertiary/aromatic N) is 2. The van der Waals surface area contributed by atoms with Crippen molar-refractivity contribution in [1.29, 1.82) is 0 Å². The van der Waals surface area contributed by atoms with Gasteiger partial charge in [-0.3, -0.25) is 0 Å². The van der Waals surface area contributed by atoms with Gasteiger partial charge in [0.2, 0.25) is 0 Å². The van der Waals surface area contributed by atoms with Crippen LogP contribution in [0, 0.1) is 5.82 Å². The fourth-order valence-electron chi connectivity index (χ4n) is 3.02. The molecule has 0 saturated carbocycles. The average molecular weight is 403 g/mol. The van der Waals surface area contributed by atoms with Crippen molar-refractivity contribution in [2.24, 2.45) is 0 Å². The summed E-state index contributed by atoms with van der Waals surface area (Å²) >= 11 is 7.96. The lowest BCUT2D eigenvalue weighted by Gasteiger charge is -2.17. The molecule has 5 heteroatoms.